The number of anilines is 1. The largest absolute Gasteiger partial charge is 0.383 e. The van der Waals surface area contributed by atoms with E-state index < -0.39 is 0 Å². The standard InChI is InChI=1S/C17H26N4/c1-4-5-6-7-8-14(2)19-16-11-9-15(10-12-16)17-20-18-13-21(17)3/h9-14,19H,4-8H2,1-3H3. The van der Waals surface area contributed by atoms with Crippen LogP contribution in [0.2, 0.25) is 0 Å². The minimum Gasteiger partial charge on any atom is -0.383 e. The van der Waals surface area contributed by atoms with Crippen molar-refractivity contribution in [3.05, 3.63) is 30.6 Å². The molecule has 1 heterocycles. The first-order valence-electron chi connectivity index (χ1n) is 7.91. The number of hydrogen-bond acceptors (Lipinski definition) is 3. The van der Waals surface area contributed by atoms with E-state index in [1.54, 1.807) is 6.33 Å². The molecule has 1 N–H and O–H groups in total. The lowest BCUT2D eigenvalue weighted by Crippen LogP contribution is -2.14. The lowest BCUT2D eigenvalue weighted by molar-refractivity contribution is 0.594. The zero-order valence-electron chi connectivity index (χ0n) is 13.3. The zero-order valence-corrected chi connectivity index (χ0v) is 13.3. The van der Waals surface area contributed by atoms with Crippen LogP contribution in [0.1, 0.15) is 46.0 Å². The van der Waals surface area contributed by atoms with E-state index in [0.29, 0.717) is 6.04 Å². The monoisotopic (exact) mass is 286 g/mol. The first-order valence-corrected chi connectivity index (χ1v) is 7.91. The van der Waals surface area contributed by atoms with Crippen molar-refractivity contribution in [1.29, 1.82) is 0 Å². The molecule has 4 heteroatoms. The normalized spacial score (nSPS) is 12.3. The van der Waals surface area contributed by atoms with Crippen LogP contribution in [0.15, 0.2) is 30.6 Å². The quantitative estimate of drug-likeness (QED) is 0.738. The molecule has 21 heavy (non-hydrogen) atoms. The first kappa shape index (κ1) is 15.5. The second-order valence-electron chi connectivity index (χ2n) is 5.74. The maximum Gasteiger partial charge on any atom is 0.163 e. The summed E-state index contributed by atoms with van der Waals surface area (Å²) in [7, 11) is 1.96. The predicted molar refractivity (Wildman–Crippen MR) is 88.3 cm³/mol. The SMILES string of the molecule is CCCCCCC(C)Nc1ccc(-c2nncn2C)cc1. The van der Waals surface area contributed by atoms with Gasteiger partial charge in [0.2, 0.25) is 0 Å². The minimum absolute atomic E-state index is 0.516. The van der Waals surface area contributed by atoms with Gasteiger partial charge in [-0.1, -0.05) is 32.6 Å². The van der Waals surface area contributed by atoms with Gasteiger partial charge in [0.1, 0.15) is 6.33 Å². The van der Waals surface area contributed by atoms with Gasteiger partial charge >= 0.3 is 0 Å². The Morgan fingerprint density at radius 1 is 1.14 bits per heavy atom. The molecule has 0 saturated carbocycles. The number of hydrogen-bond donors (Lipinski definition) is 1. The van der Waals surface area contributed by atoms with Gasteiger partial charge in [0.05, 0.1) is 0 Å². The number of aromatic nitrogens is 3. The molecular formula is C17H26N4. The Balaban J connectivity index is 1.86. The van der Waals surface area contributed by atoms with Crippen molar-refractivity contribution in [3.63, 3.8) is 0 Å². The highest BCUT2D eigenvalue weighted by atomic mass is 15.2. The van der Waals surface area contributed by atoms with Crippen LogP contribution < -0.4 is 5.32 Å². The molecule has 1 aromatic carbocycles. The van der Waals surface area contributed by atoms with Crippen molar-refractivity contribution in [2.75, 3.05) is 5.32 Å². The van der Waals surface area contributed by atoms with E-state index in [2.05, 4.69) is 53.6 Å². The molecule has 0 radical (unpaired) electrons. The van der Waals surface area contributed by atoms with Crippen LogP contribution in [0.5, 0.6) is 0 Å². The highest BCUT2D eigenvalue weighted by molar-refractivity contribution is 5.59. The van der Waals surface area contributed by atoms with Crippen LogP contribution in [0.4, 0.5) is 5.69 Å². The molecule has 0 fully saturated rings. The van der Waals surface area contributed by atoms with Crippen LogP contribution in [-0.2, 0) is 7.05 Å². The summed E-state index contributed by atoms with van der Waals surface area (Å²) in [5, 5.41) is 11.6. The Morgan fingerprint density at radius 3 is 2.52 bits per heavy atom. The topological polar surface area (TPSA) is 42.7 Å². The summed E-state index contributed by atoms with van der Waals surface area (Å²) in [4.78, 5) is 0. The van der Waals surface area contributed by atoms with Gasteiger partial charge < -0.3 is 9.88 Å². The molecule has 1 unspecified atom stereocenters. The minimum atomic E-state index is 0.516. The van der Waals surface area contributed by atoms with E-state index in [1.165, 1.54) is 37.8 Å². The van der Waals surface area contributed by atoms with Crippen molar-refractivity contribution in [2.45, 2.75) is 52.0 Å². The molecule has 4 nitrogen and oxygen atoms in total. The van der Waals surface area contributed by atoms with Crippen molar-refractivity contribution >= 4 is 5.69 Å². The third-order valence-electron chi connectivity index (χ3n) is 3.76. The van der Waals surface area contributed by atoms with Gasteiger partial charge in [0.25, 0.3) is 0 Å². The fourth-order valence-electron chi connectivity index (χ4n) is 2.49. The summed E-state index contributed by atoms with van der Waals surface area (Å²) in [5.74, 6) is 0.897. The summed E-state index contributed by atoms with van der Waals surface area (Å²) < 4.78 is 1.93. The number of rotatable bonds is 8. The smallest absolute Gasteiger partial charge is 0.163 e. The molecule has 0 bridgehead atoms. The van der Waals surface area contributed by atoms with E-state index in [0.717, 1.165) is 11.4 Å². The fourth-order valence-corrected chi connectivity index (χ4v) is 2.49. The van der Waals surface area contributed by atoms with Crippen molar-refractivity contribution < 1.29 is 0 Å². The number of nitrogens with one attached hydrogen (secondary N) is 1. The molecule has 1 aromatic heterocycles. The Morgan fingerprint density at radius 2 is 1.90 bits per heavy atom. The van der Waals surface area contributed by atoms with E-state index in [-0.39, 0.29) is 0 Å². The molecule has 0 saturated heterocycles. The Labute approximate surface area is 127 Å². The highest BCUT2D eigenvalue weighted by Crippen LogP contribution is 2.19. The number of benzene rings is 1. The van der Waals surface area contributed by atoms with Gasteiger partial charge in [-0.3, -0.25) is 0 Å². The zero-order chi connectivity index (χ0) is 15.1. The van der Waals surface area contributed by atoms with Gasteiger partial charge in [0.15, 0.2) is 5.82 Å². The second kappa shape index (κ2) is 7.81. The lowest BCUT2D eigenvalue weighted by Gasteiger charge is -2.15. The lowest BCUT2D eigenvalue weighted by atomic mass is 10.1. The fraction of sp³-hybridized carbons (Fsp3) is 0.529. The van der Waals surface area contributed by atoms with Crippen LogP contribution in [0.3, 0.4) is 0 Å². The van der Waals surface area contributed by atoms with Gasteiger partial charge in [-0.25, -0.2) is 0 Å². The van der Waals surface area contributed by atoms with E-state index >= 15 is 0 Å². The molecule has 0 aliphatic rings. The Hall–Kier alpha value is -1.84. The first-order chi connectivity index (χ1) is 10.2. The van der Waals surface area contributed by atoms with Gasteiger partial charge in [-0.2, -0.15) is 0 Å². The van der Waals surface area contributed by atoms with E-state index in [9.17, 15) is 0 Å². The molecule has 0 amide bonds. The third kappa shape index (κ3) is 4.59. The summed E-state index contributed by atoms with van der Waals surface area (Å²) in [6.45, 7) is 4.50. The average Bonchev–Trinajstić information content (AvgIpc) is 2.91. The van der Waals surface area contributed by atoms with Gasteiger partial charge in [0, 0.05) is 24.3 Å². The maximum atomic E-state index is 4.13. The highest BCUT2D eigenvalue weighted by Gasteiger charge is 2.05. The maximum absolute atomic E-state index is 4.13. The molecule has 2 rings (SSSR count). The number of unbranched alkanes of at least 4 members (excludes halogenated alkanes) is 3. The molecule has 1 atom stereocenters. The third-order valence-corrected chi connectivity index (χ3v) is 3.76. The summed E-state index contributed by atoms with van der Waals surface area (Å²) in [5.41, 5.74) is 2.26. The van der Waals surface area contributed by atoms with Gasteiger partial charge in [-0.15, -0.1) is 10.2 Å². The van der Waals surface area contributed by atoms with Crippen LogP contribution >= 0.6 is 0 Å². The average molecular weight is 286 g/mol. The number of aryl methyl sites for hydroxylation is 1. The molecular weight excluding hydrogens is 260 g/mol. The number of nitrogens with zero attached hydrogens (tertiary/aromatic N) is 3. The molecule has 0 aliphatic carbocycles. The second-order valence-corrected chi connectivity index (χ2v) is 5.74. The molecule has 2 aromatic rings. The predicted octanol–water partition coefficient (Wildman–Crippen LogP) is 4.25. The van der Waals surface area contributed by atoms with E-state index in [4.69, 9.17) is 0 Å². The summed E-state index contributed by atoms with van der Waals surface area (Å²) in [6, 6.07) is 8.94. The summed E-state index contributed by atoms with van der Waals surface area (Å²) >= 11 is 0. The Bertz CT molecular complexity index is 530. The molecule has 114 valence electrons. The van der Waals surface area contributed by atoms with Crippen LogP contribution in [-0.4, -0.2) is 20.8 Å². The van der Waals surface area contributed by atoms with Crippen molar-refractivity contribution in [3.8, 4) is 11.4 Å². The Kier molecular flexibility index (Phi) is 5.78. The molecule has 0 aliphatic heterocycles. The van der Waals surface area contributed by atoms with Crippen LogP contribution in [0.25, 0.3) is 11.4 Å². The van der Waals surface area contributed by atoms with Crippen LogP contribution in [0, 0.1) is 0 Å². The van der Waals surface area contributed by atoms with E-state index in [1.807, 2.05) is 11.6 Å². The van der Waals surface area contributed by atoms with Gasteiger partial charge in [-0.05, 0) is 37.6 Å². The molecule has 0 spiro atoms. The van der Waals surface area contributed by atoms with Crippen molar-refractivity contribution in [2.24, 2.45) is 7.05 Å². The van der Waals surface area contributed by atoms with Crippen molar-refractivity contribution in [1.82, 2.24) is 14.8 Å². The summed E-state index contributed by atoms with van der Waals surface area (Å²) in [6.07, 6.45) is 8.24.